The summed E-state index contributed by atoms with van der Waals surface area (Å²) in [6.07, 6.45) is 8.71. The summed E-state index contributed by atoms with van der Waals surface area (Å²) in [5.74, 6) is 1.91. The Bertz CT molecular complexity index is 900. The molecule has 0 amide bonds. The molecule has 0 spiro atoms. The van der Waals surface area contributed by atoms with E-state index >= 15 is 0 Å². The third-order valence-electron chi connectivity index (χ3n) is 9.05. The van der Waals surface area contributed by atoms with Crippen molar-refractivity contribution in [1.82, 2.24) is 0 Å². The van der Waals surface area contributed by atoms with E-state index in [0.717, 1.165) is 18.6 Å². The van der Waals surface area contributed by atoms with Crippen LogP contribution in [0, 0.1) is 39.4 Å². The van der Waals surface area contributed by atoms with E-state index in [1.54, 1.807) is 0 Å². The Morgan fingerprint density at radius 3 is 2.34 bits per heavy atom. The van der Waals surface area contributed by atoms with Crippen LogP contribution in [0.5, 0.6) is 0 Å². The SMILES string of the molecule is CC1=CC=C(O[C@]2(c3ccccc3)C[C@H]3CC[C@]2(C)C3(C)C)C[C@H]1C(C)(C)C#N. The number of ether oxygens (including phenoxy) is 1. The van der Waals surface area contributed by atoms with Crippen molar-refractivity contribution in [3.05, 3.63) is 59.4 Å². The molecule has 0 saturated heterocycles. The molecule has 0 unspecified atom stereocenters. The van der Waals surface area contributed by atoms with Gasteiger partial charge in [-0.05, 0) is 63.0 Å². The van der Waals surface area contributed by atoms with E-state index in [1.165, 1.54) is 24.0 Å². The molecular formula is C27H35NO. The molecule has 2 saturated carbocycles. The minimum atomic E-state index is -0.402. The average Bonchev–Trinajstić information content (AvgIpc) is 3.02. The summed E-state index contributed by atoms with van der Waals surface area (Å²) in [4.78, 5) is 0. The van der Waals surface area contributed by atoms with E-state index in [0.29, 0.717) is 5.92 Å². The van der Waals surface area contributed by atoms with E-state index in [-0.39, 0.29) is 22.3 Å². The zero-order valence-corrected chi connectivity index (χ0v) is 18.9. The number of allylic oxidation sites excluding steroid dienone is 4. The Balaban J connectivity index is 1.76. The normalized spacial score (nSPS) is 35.6. The van der Waals surface area contributed by atoms with Crippen LogP contribution in [0.3, 0.4) is 0 Å². The fourth-order valence-corrected chi connectivity index (χ4v) is 6.58. The van der Waals surface area contributed by atoms with E-state index in [9.17, 15) is 5.26 Å². The van der Waals surface area contributed by atoms with Crippen LogP contribution in [0.1, 0.15) is 72.8 Å². The molecule has 2 nitrogen and oxygen atoms in total. The second-order valence-corrected chi connectivity index (χ2v) is 10.9. The van der Waals surface area contributed by atoms with Crippen LogP contribution in [-0.2, 0) is 10.3 Å². The fraction of sp³-hybridized carbons (Fsp3) is 0.593. The first-order valence-electron chi connectivity index (χ1n) is 11.1. The van der Waals surface area contributed by atoms with Crippen molar-refractivity contribution in [2.24, 2.45) is 28.1 Å². The molecule has 2 heteroatoms. The second-order valence-electron chi connectivity index (χ2n) is 10.9. The van der Waals surface area contributed by atoms with Gasteiger partial charge in [-0.25, -0.2) is 0 Å². The maximum atomic E-state index is 9.72. The van der Waals surface area contributed by atoms with Gasteiger partial charge in [0.05, 0.1) is 17.2 Å². The van der Waals surface area contributed by atoms with E-state index < -0.39 is 5.41 Å². The molecule has 3 aliphatic rings. The van der Waals surface area contributed by atoms with Gasteiger partial charge in [0.15, 0.2) is 0 Å². The lowest BCUT2D eigenvalue weighted by Crippen LogP contribution is -2.47. The summed E-state index contributed by atoms with van der Waals surface area (Å²) in [7, 11) is 0. The number of benzene rings is 1. The van der Waals surface area contributed by atoms with Crippen LogP contribution in [0.2, 0.25) is 0 Å². The molecule has 1 aromatic carbocycles. The molecule has 4 atom stereocenters. The van der Waals surface area contributed by atoms with Gasteiger partial charge >= 0.3 is 0 Å². The van der Waals surface area contributed by atoms with Gasteiger partial charge < -0.3 is 4.74 Å². The fourth-order valence-electron chi connectivity index (χ4n) is 6.58. The van der Waals surface area contributed by atoms with Crippen LogP contribution in [0.4, 0.5) is 0 Å². The summed E-state index contributed by atoms with van der Waals surface area (Å²) >= 11 is 0. The first-order valence-corrected chi connectivity index (χ1v) is 11.1. The number of hydrogen-bond acceptors (Lipinski definition) is 2. The minimum absolute atomic E-state index is 0.0866. The maximum Gasteiger partial charge on any atom is 0.140 e. The summed E-state index contributed by atoms with van der Waals surface area (Å²) in [6.45, 7) is 13.6. The van der Waals surface area contributed by atoms with Crippen molar-refractivity contribution in [2.75, 3.05) is 0 Å². The summed E-state index contributed by atoms with van der Waals surface area (Å²) in [6, 6.07) is 13.4. The third kappa shape index (κ3) is 2.73. The Kier molecular flexibility index (Phi) is 4.54. The topological polar surface area (TPSA) is 33.0 Å². The van der Waals surface area contributed by atoms with Crippen molar-refractivity contribution in [2.45, 2.75) is 72.8 Å². The zero-order valence-electron chi connectivity index (χ0n) is 18.9. The Hall–Kier alpha value is -2.01. The van der Waals surface area contributed by atoms with Crippen LogP contribution < -0.4 is 0 Å². The number of nitriles is 1. The van der Waals surface area contributed by atoms with E-state index in [4.69, 9.17) is 4.74 Å². The maximum absolute atomic E-state index is 9.72. The van der Waals surface area contributed by atoms with Gasteiger partial charge in [-0.15, -0.1) is 0 Å². The predicted octanol–water partition coefficient (Wildman–Crippen LogP) is 7.14. The van der Waals surface area contributed by atoms with Crippen molar-refractivity contribution < 1.29 is 4.74 Å². The van der Waals surface area contributed by atoms with Crippen LogP contribution in [0.25, 0.3) is 0 Å². The number of rotatable bonds is 4. The van der Waals surface area contributed by atoms with Crippen molar-refractivity contribution in [3.8, 4) is 6.07 Å². The molecule has 29 heavy (non-hydrogen) atoms. The number of nitrogens with zero attached hydrogens (tertiary/aromatic N) is 1. The largest absolute Gasteiger partial charge is 0.486 e. The lowest BCUT2D eigenvalue weighted by molar-refractivity contribution is -0.120. The van der Waals surface area contributed by atoms with Crippen LogP contribution in [0.15, 0.2) is 53.8 Å². The Labute approximate surface area is 176 Å². The van der Waals surface area contributed by atoms with E-state index in [2.05, 4.69) is 76.2 Å². The molecule has 0 aliphatic heterocycles. The molecule has 2 bridgehead atoms. The monoisotopic (exact) mass is 389 g/mol. The van der Waals surface area contributed by atoms with Crippen molar-refractivity contribution in [3.63, 3.8) is 0 Å². The van der Waals surface area contributed by atoms with E-state index in [1.807, 2.05) is 13.8 Å². The van der Waals surface area contributed by atoms with Crippen molar-refractivity contribution in [1.29, 1.82) is 5.26 Å². The molecular weight excluding hydrogens is 354 g/mol. The smallest absolute Gasteiger partial charge is 0.140 e. The molecule has 1 aromatic rings. The molecule has 0 N–H and O–H groups in total. The Morgan fingerprint density at radius 1 is 1.10 bits per heavy atom. The van der Waals surface area contributed by atoms with Gasteiger partial charge in [0, 0.05) is 17.8 Å². The first-order chi connectivity index (χ1) is 13.6. The highest BCUT2D eigenvalue weighted by molar-refractivity contribution is 5.35. The lowest BCUT2D eigenvalue weighted by Gasteiger charge is -2.50. The molecule has 2 fully saturated rings. The predicted molar refractivity (Wildman–Crippen MR) is 118 cm³/mol. The summed E-state index contributed by atoms with van der Waals surface area (Å²) < 4.78 is 7.12. The standard InChI is InChI=1S/C27H35NO/c1-19-12-13-22(16-23(19)24(2,3)18-28)29-27(20-10-8-7-9-11-20)17-21-14-15-26(27,6)25(21,4)5/h7-13,21,23H,14-17H2,1-6H3/t21-,23-,26-,27+/m1/s1. The number of hydrogen-bond donors (Lipinski definition) is 0. The highest BCUT2D eigenvalue weighted by Gasteiger charge is 2.71. The van der Waals surface area contributed by atoms with Crippen molar-refractivity contribution >= 4 is 0 Å². The lowest BCUT2D eigenvalue weighted by atomic mass is 9.62. The summed E-state index contributed by atoms with van der Waals surface area (Å²) in [5, 5.41) is 9.72. The van der Waals surface area contributed by atoms with Crippen LogP contribution in [-0.4, -0.2) is 0 Å². The van der Waals surface area contributed by atoms with Crippen LogP contribution >= 0.6 is 0 Å². The van der Waals surface area contributed by atoms with Gasteiger partial charge in [-0.3, -0.25) is 0 Å². The van der Waals surface area contributed by atoms with Gasteiger partial charge in [0.1, 0.15) is 5.60 Å². The first kappa shape index (κ1) is 20.3. The second kappa shape index (κ2) is 6.49. The third-order valence-corrected chi connectivity index (χ3v) is 9.05. The molecule has 0 radical (unpaired) electrons. The molecule has 0 heterocycles. The van der Waals surface area contributed by atoms with Gasteiger partial charge in [-0.1, -0.05) is 62.8 Å². The van der Waals surface area contributed by atoms with Gasteiger partial charge in [0.25, 0.3) is 0 Å². The van der Waals surface area contributed by atoms with Gasteiger partial charge in [-0.2, -0.15) is 5.26 Å². The highest BCUT2D eigenvalue weighted by atomic mass is 16.5. The summed E-state index contributed by atoms with van der Waals surface area (Å²) in [5.41, 5.74) is 2.21. The quantitative estimate of drug-likeness (QED) is 0.548. The molecule has 154 valence electrons. The molecule has 0 aromatic heterocycles. The minimum Gasteiger partial charge on any atom is -0.486 e. The molecule has 3 aliphatic carbocycles. The number of fused-ring (bicyclic) bond motifs is 2. The zero-order chi connectivity index (χ0) is 21.1. The Morgan fingerprint density at radius 2 is 1.79 bits per heavy atom. The van der Waals surface area contributed by atoms with Gasteiger partial charge in [0.2, 0.25) is 0 Å². The molecule has 4 rings (SSSR count). The highest BCUT2D eigenvalue weighted by Crippen LogP contribution is 2.74. The average molecular weight is 390 g/mol.